The largest absolute Gasteiger partial charge is 0.314 e. The van der Waals surface area contributed by atoms with Gasteiger partial charge in [0, 0.05) is 24.0 Å². The van der Waals surface area contributed by atoms with E-state index in [1.807, 2.05) is 0 Å². The highest BCUT2D eigenvalue weighted by Gasteiger charge is 2.15. The Bertz CT molecular complexity index is 535. The van der Waals surface area contributed by atoms with Gasteiger partial charge in [-0.3, -0.25) is 0 Å². The Balaban J connectivity index is 1.88. The zero-order chi connectivity index (χ0) is 11.7. The second kappa shape index (κ2) is 4.37. The molecule has 0 saturated carbocycles. The third-order valence-corrected chi connectivity index (χ3v) is 3.18. The van der Waals surface area contributed by atoms with E-state index in [0.717, 1.165) is 29.7 Å². The van der Waals surface area contributed by atoms with E-state index in [-0.39, 0.29) is 5.82 Å². The molecule has 3 nitrogen and oxygen atoms in total. The number of halogens is 1. The molecular formula is C13H14FN3. The van der Waals surface area contributed by atoms with Gasteiger partial charge in [-0.15, -0.1) is 0 Å². The van der Waals surface area contributed by atoms with Crippen LogP contribution >= 0.6 is 0 Å². The summed E-state index contributed by atoms with van der Waals surface area (Å²) in [5.41, 5.74) is 0.814. The average Bonchev–Trinajstić information content (AvgIpc) is 2.82. The van der Waals surface area contributed by atoms with E-state index >= 15 is 0 Å². The molecule has 1 aromatic heterocycles. The zero-order valence-electron chi connectivity index (χ0n) is 9.49. The number of aromatic nitrogens is 2. The van der Waals surface area contributed by atoms with Crippen LogP contribution < -0.4 is 5.32 Å². The molecule has 17 heavy (non-hydrogen) atoms. The van der Waals surface area contributed by atoms with Gasteiger partial charge < -0.3 is 5.32 Å². The van der Waals surface area contributed by atoms with Gasteiger partial charge in [-0.1, -0.05) is 0 Å². The molecular weight excluding hydrogens is 217 g/mol. The van der Waals surface area contributed by atoms with Crippen molar-refractivity contribution in [3.63, 3.8) is 0 Å². The number of hydrogen-bond acceptors (Lipinski definition) is 3. The lowest BCUT2D eigenvalue weighted by molar-refractivity contribution is 0.586. The third-order valence-electron chi connectivity index (χ3n) is 3.18. The summed E-state index contributed by atoms with van der Waals surface area (Å²) in [7, 11) is 0. The van der Waals surface area contributed by atoms with Crippen molar-refractivity contribution in [1.82, 2.24) is 15.3 Å². The number of nitrogens with one attached hydrogen (secondary N) is 1. The summed E-state index contributed by atoms with van der Waals surface area (Å²) in [6.07, 6.45) is 4.97. The standard InChI is InChI=1S/C13H14FN3/c14-10-3-4-12-9(6-10)8-16-13(17-12)7-11-2-1-5-15-11/h3-4,6,8,11,15H,1-2,5,7H2. The molecule has 4 heteroatoms. The first-order valence-corrected chi connectivity index (χ1v) is 5.96. The van der Waals surface area contributed by atoms with Crippen molar-refractivity contribution in [3.8, 4) is 0 Å². The van der Waals surface area contributed by atoms with Gasteiger partial charge in [0.1, 0.15) is 11.6 Å². The predicted molar refractivity (Wildman–Crippen MR) is 64.2 cm³/mol. The summed E-state index contributed by atoms with van der Waals surface area (Å²) >= 11 is 0. The Labute approximate surface area is 99.1 Å². The molecule has 1 fully saturated rings. The Morgan fingerprint density at radius 1 is 1.41 bits per heavy atom. The lowest BCUT2D eigenvalue weighted by Crippen LogP contribution is -2.24. The molecule has 0 aliphatic carbocycles. The fraction of sp³-hybridized carbons (Fsp3) is 0.385. The van der Waals surface area contributed by atoms with Crippen molar-refractivity contribution in [3.05, 3.63) is 36.0 Å². The molecule has 0 amide bonds. The summed E-state index contributed by atoms with van der Waals surface area (Å²) in [4.78, 5) is 8.76. The molecule has 0 bridgehead atoms. The minimum absolute atomic E-state index is 0.244. The Morgan fingerprint density at radius 3 is 3.18 bits per heavy atom. The minimum atomic E-state index is -0.244. The van der Waals surface area contributed by atoms with Gasteiger partial charge in [0.2, 0.25) is 0 Å². The van der Waals surface area contributed by atoms with Crippen LogP contribution in [0.2, 0.25) is 0 Å². The van der Waals surface area contributed by atoms with Gasteiger partial charge in [-0.25, -0.2) is 14.4 Å². The molecule has 1 atom stereocenters. The summed E-state index contributed by atoms with van der Waals surface area (Å²) in [5, 5.41) is 4.18. The molecule has 88 valence electrons. The van der Waals surface area contributed by atoms with Crippen molar-refractivity contribution in [2.75, 3.05) is 6.54 Å². The number of fused-ring (bicyclic) bond motifs is 1. The molecule has 3 rings (SSSR count). The fourth-order valence-electron chi connectivity index (χ4n) is 2.29. The molecule has 1 saturated heterocycles. The topological polar surface area (TPSA) is 37.8 Å². The highest BCUT2D eigenvalue weighted by molar-refractivity contribution is 5.77. The van der Waals surface area contributed by atoms with Crippen LogP contribution in [0.15, 0.2) is 24.4 Å². The van der Waals surface area contributed by atoms with Crippen LogP contribution in [0.25, 0.3) is 10.9 Å². The third kappa shape index (κ3) is 2.26. The highest BCUT2D eigenvalue weighted by Crippen LogP contribution is 2.14. The van der Waals surface area contributed by atoms with Crippen molar-refractivity contribution in [2.24, 2.45) is 0 Å². The lowest BCUT2D eigenvalue weighted by atomic mass is 10.1. The molecule has 0 spiro atoms. The maximum atomic E-state index is 13.0. The quantitative estimate of drug-likeness (QED) is 0.859. The Morgan fingerprint density at radius 2 is 2.35 bits per heavy atom. The van der Waals surface area contributed by atoms with E-state index < -0.39 is 0 Å². The van der Waals surface area contributed by atoms with Gasteiger partial charge in [0.25, 0.3) is 0 Å². The van der Waals surface area contributed by atoms with E-state index in [1.165, 1.54) is 25.0 Å². The lowest BCUT2D eigenvalue weighted by Gasteiger charge is -2.08. The molecule has 0 radical (unpaired) electrons. The van der Waals surface area contributed by atoms with Crippen molar-refractivity contribution in [2.45, 2.75) is 25.3 Å². The molecule has 2 heterocycles. The van der Waals surface area contributed by atoms with Crippen LogP contribution in [0.5, 0.6) is 0 Å². The molecule has 1 unspecified atom stereocenters. The normalized spacial score (nSPS) is 19.9. The first-order chi connectivity index (χ1) is 8.31. The molecule has 1 aromatic carbocycles. The minimum Gasteiger partial charge on any atom is -0.314 e. The number of rotatable bonds is 2. The summed E-state index contributed by atoms with van der Waals surface area (Å²) in [6, 6.07) is 5.10. The van der Waals surface area contributed by atoms with Crippen LogP contribution in [0.4, 0.5) is 4.39 Å². The highest BCUT2D eigenvalue weighted by atomic mass is 19.1. The summed E-state index contributed by atoms with van der Waals surface area (Å²) < 4.78 is 13.0. The van der Waals surface area contributed by atoms with Crippen molar-refractivity contribution < 1.29 is 4.39 Å². The smallest absolute Gasteiger partial charge is 0.130 e. The average molecular weight is 231 g/mol. The van der Waals surface area contributed by atoms with Gasteiger partial charge >= 0.3 is 0 Å². The predicted octanol–water partition coefficient (Wildman–Crippen LogP) is 2.06. The number of benzene rings is 1. The molecule has 2 aromatic rings. The molecule has 1 N–H and O–H groups in total. The molecule has 1 aliphatic heterocycles. The Hall–Kier alpha value is -1.55. The SMILES string of the molecule is Fc1ccc2nc(CC3CCCN3)ncc2c1. The van der Waals surface area contributed by atoms with Crippen LogP contribution in [0.1, 0.15) is 18.7 Å². The van der Waals surface area contributed by atoms with Crippen molar-refractivity contribution in [1.29, 1.82) is 0 Å². The van der Waals surface area contributed by atoms with E-state index in [2.05, 4.69) is 15.3 Å². The van der Waals surface area contributed by atoms with Gasteiger partial charge in [0.15, 0.2) is 0 Å². The van der Waals surface area contributed by atoms with Crippen LogP contribution in [-0.2, 0) is 6.42 Å². The molecule has 1 aliphatic rings. The maximum Gasteiger partial charge on any atom is 0.130 e. The Kier molecular flexibility index (Phi) is 2.73. The van der Waals surface area contributed by atoms with Gasteiger partial charge in [0.05, 0.1) is 5.52 Å². The summed E-state index contributed by atoms with van der Waals surface area (Å²) in [5.74, 6) is 0.592. The van der Waals surface area contributed by atoms with Gasteiger partial charge in [-0.05, 0) is 37.6 Å². The second-order valence-corrected chi connectivity index (χ2v) is 4.49. The summed E-state index contributed by atoms with van der Waals surface area (Å²) in [6.45, 7) is 1.09. The van der Waals surface area contributed by atoms with E-state index in [0.29, 0.717) is 6.04 Å². The van der Waals surface area contributed by atoms with E-state index in [1.54, 1.807) is 12.3 Å². The fourth-order valence-corrected chi connectivity index (χ4v) is 2.29. The van der Waals surface area contributed by atoms with E-state index in [9.17, 15) is 4.39 Å². The second-order valence-electron chi connectivity index (χ2n) is 4.49. The first-order valence-electron chi connectivity index (χ1n) is 5.96. The first kappa shape index (κ1) is 10.6. The number of hydrogen-bond donors (Lipinski definition) is 1. The zero-order valence-corrected chi connectivity index (χ0v) is 9.49. The van der Waals surface area contributed by atoms with E-state index in [4.69, 9.17) is 0 Å². The van der Waals surface area contributed by atoms with Crippen LogP contribution in [0, 0.1) is 5.82 Å². The van der Waals surface area contributed by atoms with Crippen LogP contribution in [-0.4, -0.2) is 22.6 Å². The maximum absolute atomic E-state index is 13.0. The van der Waals surface area contributed by atoms with Gasteiger partial charge in [-0.2, -0.15) is 0 Å². The van der Waals surface area contributed by atoms with Crippen LogP contribution in [0.3, 0.4) is 0 Å². The number of nitrogens with zero attached hydrogens (tertiary/aromatic N) is 2. The monoisotopic (exact) mass is 231 g/mol. The van der Waals surface area contributed by atoms with Crippen molar-refractivity contribution >= 4 is 10.9 Å².